The van der Waals surface area contributed by atoms with Gasteiger partial charge in [-0.3, -0.25) is 9.59 Å². The lowest BCUT2D eigenvalue weighted by Crippen LogP contribution is -2.45. The molecule has 2 rings (SSSR count). The molecule has 0 N–H and O–H groups in total. The van der Waals surface area contributed by atoms with Crippen molar-refractivity contribution in [3.63, 3.8) is 0 Å². The van der Waals surface area contributed by atoms with Crippen molar-refractivity contribution in [1.82, 2.24) is 4.90 Å². The molecule has 0 radical (unpaired) electrons. The van der Waals surface area contributed by atoms with Gasteiger partial charge in [-0.15, -0.1) is 0 Å². The van der Waals surface area contributed by atoms with E-state index in [9.17, 15) is 14.4 Å². The Morgan fingerprint density at radius 1 is 1.23 bits per heavy atom. The molecular weight excluding hydrogens is 386 g/mol. The van der Waals surface area contributed by atoms with Gasteiger partial charge in [-0.1, -0.05) is 18.2 Å². The van der Waals surface area contributed by atoms with Gasteiger partial charge >= 0.3 is 12.1 Å². The molecule has 162 valence electrons. The SMILES string of the molecule is CC(C)(C)OC(=O)N1CCCC(C(=O)OCC(=O)N(CCC#N)c2ccccc2)C1. The molecule has 0 bridgehead atoms. The summed E-state index contributed by atoms with van der Waals surface area (Å²) in [7, 11) is 0. The Hall–Kier alpha value is -3.08. The summed E-state index contributed by atoms with van der Waals surface area (Å²) in [5, 5.41) is 8.86. The van der Waals surface area contributed by atoms with Crippen LogP contribution < -0.4 is 4.90 Å². The number of esters is 1. The van der Waals surface area contributed by atoms with Gasteiger partial charge < -0.3 is 19.3 Å². The zero-order valence-corrected chi connectivity index (χ0v) is 17.8. The second-order valence-corrected chi connectivity index (χ2v) is 8.16. The number of benzene rings is 1. The van der Waals surface area contributed by atoms with Crippen LogP contribution in [0.25, 0.3) is 0 Å². The topological polar surface area (TPSA) is 99.9 Å². The van der Waals surface area contributed by atoms with Crippen molar-refractivity contribution in [2.24, 2.45) is 5.92 Å². The molecule has 0 saturated carbocycles. The summed E-state index contributed by atoms with van der Waals surface area (Å²) in [6.07, 6.45) is 0.957. The molecule has 1 atom stereocenters. The lowest BCUT2D eigenvalue weighted by molar-refractivity contribution is -0.153. The summed E-state index contributed by atoms with van der Waals surface area (Å²) in [4.78, 5) is 40.3. The highest BCUT2D eigenvalue weighted by Crippen LogP contribution is 2.21. The van der Waals surface area contributed by atoms with Crippen molar-refractivity contribution in [2.75, 3.05) is 31.1 Å². The lowest BCUT2D eigenvalue weighted by Gasteiger charge is -2.33. The molecule has 1 heterocycles. The number of anilines is 1. The second-order valence-electron chi connectivity index (χ2n) is 8.16. The van der Waals surface area contributed by atoms with Crippen molar-refractivity contribution in [3.8, 4) is 6.07 Å². The largest absolute Gasteiger partial charge is 0.455 e. The van der Waals surface area contributed by atoms with Crippen molar-refractivity contribution in [2.45, 2.75) is 45.6 Å². The van der Waals surface area contributed by atoms with Crippen LogP contribution >= 0.6 is 0 Å². The number of nitriles is 1. The number of likely N-dealkylation sites (tertiary alicyclic amines) is 1. The predicted molar refractivity (Wildman–Crippen MR) is 111 cm³/mol. The number of ether oxygens (including phenoxy) is 2. The first kappa shape index (κ1) is 23.2. The number of carbonyl (C=O) groups is 3. The Bertz CT molecular complexity index is 782. The maximum atomic E-state index is 12.6. The molecular formula is C22H29N3O5. The lowest BCUT2D eigenvalue weighted by atomic mass is 9.98. The minimum atomic E-state index is -0.610. The fourth-order valence-electron chi connectivity index (χ4n) is 3.16. The maximum absolute atomic E-state index is 12.6. The first-order valence-electron chi connectivity index (χ1n) is 10.1. The molecule has 8 heteroatoms. The van der Waals surface area contributed by atoms with Crippen LogP contribution in [-0.2, 0) is 19.1 Å². The molecule has 0 spiro atoms. The molecule has 2 amide bonds. The van der Waals surface area contributed by atoms with E-state index >= 15 is 0 Å². The number of piperidine rings is 1. The fourth-order valence-corrected chi connectivity index (χ4v) is 3.16. The molecule has 1 aliphatic rings. The molecule has 1 saturated heterocycles. The number of rotatable bonds is 6. The van der Waals surface area contributed by atoms with Crippen LogP contribution in [0.3, 0.4) is 0 Å². The normalized spacial score (nSPS) is 16.3. The Morgan fingerprint density at radius 3 is 2.57 bits per heavy atom. The Balaban J connectivity index is 1.92. The predicted octanol–water partition coefficient (Wildman–Crippen LogP) is 3.12. The molecule has 8 nitrogen and oxygen atoms in total. The summed E-state index contributed by atoms with van der Waals surface area (Å²) in [6.45, 7) is 5.90. The van der Waals surface area contributed by atoms with Gasteiger partial charge in [0.1, 0.15) is 5.60 Å². The van der Waals surface area contributed by atoms with Crippen molar-refractivity contribution in [3.05, 3.63) is 30.3 Å². The summed E-state index contributed by atoms with van der Waals surface area (Å²) in [6, 6.07) is 11.0. The van der Waals surface area contributed by atoms with Crippen molar-refractivity contribution < 1.29 is 23.9 Å². The highest BCUT2D eigenvalue weighted by molar-refractivity contribution is 5.95. The number of para-hydroxylation sites is 1. The zero-order valence-electron chi connectivity index (χ0n) is 17.8. The van der Waals surface area contributed by atoms with Crippen molar-refractivity contribution in [1.29, 1.82) is 5.26 Å². The van der Waals surface area contributed by atoms with E-state index in [4.69, 9.17) is 14.7 Å². The van der Waals surface area contributed by atoms with E-state index in [0.29, 0.717) is 25.1 Å². The van der Waals surface area contributed by atoms with Crippen LogP contribution in [0.4, 0.5) is 10.5 Å². The third kappa shape index (κ3) is 7.07. The summed E-state index contributed by atoms with van der Waals surface area (Å²) >= 11 is 0. The second kappa shape index (κ2) is 10.6. The highest BCUT2D eigenvalue weighted by atomic mass is 16.6. The molecule has 1 aromatic carbocycles. The summed E-state index contributed by atoms with van der Waals surface area (Å²) in [5.74, 6) is -1.40. The Kier molecular flexibility index (Phi) is 8.22. The van der Waals surface area contributed by atoms with Crippen LogP contribution in [0.15, 0.2) is 30.3 Å². The van der Waals surface area contributed by atoms with E-state index < -0.39 is 36.1 Å². The van der Waals surface area contributed by atoms with Crippen LogP contribution in [-0.4, -0.2) is 54.7 Å². The van der Waals surface area contributed by atoms with Gasteiger partial charge in [0.15, 0.2) is 6.61 Å². The van der Waals surface area contributed by atoms with E-state index in [1.807, 2.05) is 12.1 Å². The number of hydrogen-bond acceptors (Lipinski definition) is 6. The van der Waals surface area contributed by atoms with E-state index in [0.717, 1.165) is 0 Å². The van der Waals surface area contributed by atoms with Gasteiger partial charge in [0.05, 0.1) is 18.4 Å². The number of carbonyl (C=O) groups excluding carboxylic acids is 3. The van der Waals surface area contributed by atoms with Gasteiger partial charge in [0.25, 0.3) is 5.91 Å². The number of hydrogen-bond donors (Lipinski definition) is 0. The van der Waals surface area contributed by atoms with Crippen LogP contribution in [0.1, 0.15) is 40.0 Å². The summed E-state index contributed by atoms with van der Waals surface area (Å²) in [5.41, 5.74) is 0.0314. The maximum Gasteiger partial charge on any atom is 0.410 e. The van der Waals surface area contributed by atoms with Crippen LogP contribution in [0, 0.1) is 17.2 Å². The highest BCUT2D eigenvalue weighted by Gasteiger charge is 2.32. The van der Waals surface area contributed by atoms with E-state index in [1.54, 1.807) is 45.0 Å². The fraction of sp³-hybridized carbons (Fsp3) is 0.545. The van der Waals surface area contributed by atoms with Gasteiger partial charge in [0.2, 0.25) is 0 Å². The van der Waals surface area contributed by atoms with Gasteiger partial charge in [-0.25, -0.2) is 4.79 Å². The molecule has 1 aromatic rings. The first-order chi connectivity index (χ1) is 14.2. The average molecular weight is 415 g/mol. The minimum Gasteiger partial charge on any atom is -0.455 e. The molecule has 1 aliphatic heterocycles. The molecule has 1 unspecified atom stereocenters. The number of amides is 2. The quantitative estimate of drug-likeness (QED) is 0.662. The third-order valence-corrected chi connectivity index (χ3v) is 4.56. The minimum absolute atomic E-state index is 0.169. The first-order valence-corrected chi connectivity index (χ1v) is 10.1. The molecule has 0 aliphatic carbocycles. The Morgan fingerprint density at radius 2 is 1.93 bits per heavy atom. The monoisotopic (exact) mass is 415 g/mol. The molecule has 30 heavy (non-hydrogen) atoms. The molecule has 1 fully saturated rings. The van der Waals surface area contributed by atoms with Crippen LogP contribution in [0.5, 0.6) is 0 Å². The zero-order chi connectivity index (χ0) is 22.1. The summed E-state index contributed by atoms with van der Waals surface area (Å²) < 4.78 is 10.6. The number of nitrogens with zero attached hydrogens (tertiary/aromatic N) is 3. The van der Waals surface area contributed by atoms with E-state index in [1.165, 1.54) is 9.80 Å². The third-order valence-electron chi connectivity index (χ3n) is 4.56. The van der Waals surface area contributed by atoms with Gasteiger partial charge in [-0.2, -0.15) is 5.26 Å². The van der Waals surface area contributed by atoms with Gasteiger partial charge in [0, 0.05) is 25.3 Å². The molecule has 0 aromatic heterocycles. The van der Waals surface area contributed by atoms with E-state index in [2.05, 4.69) is 0 Å². The standard InChI is InChI=1S/C22H29N3O5/c1-22(2,3)30-21(28)24-13-7-9-17(15-24)20(27)29-16-19(26)25(14-8-12-23)18-10-5-4-6-11-18/h4-6,10-11,17H,7-9,13-16H2,1-3H3. The Labute approximate surface area is 177 Å². The van der Waals surface area contributed by atoms with Gasteiger partial charge in [-0.05, 0) is 45.7 Å². The smallest absolute Gasteiger partial charge is 0.410 e. The van der Waals surface area contributed by atoms with E-state index in [-0.39, 0.29) is 19.5 Å². The van der Waals surface area contributed by atoms with Crippen LogP contribution in [0.2, 0.25) is 0 Å². The van der Waals surface area contributed by atoms with Crippen molar-refractivity contribution >= 4 is 23.7 Å². The average Bonchev–Trinajstić information content (AvgIpc) is 2.72.